The molecule has 0 spiro atoms. The highest BCUT2D eigenvalue weighted by Gasteiger charge is 2.26. The van der Waals surface area contributed by atoms with Gasteiger partial charge in [-0.3, -0.25) is 4.90 Å². The fourth-order valence-electron chi connectivity index (χ4n) is 2.96. The molecule has 110 valence electrons. The number of methoxy groups -OCH3 is 1. The lowest BCUT2D eigenvalue weighted by Gasteiger charge is -2.38. The Morgan fingerprint density at radius 1 is 1.45 bits per heavy atom. The Kier molecular flexibility index (Phi) is 4.33. The highest BCUT2D eigenvalue weighted by molar-refractivity contribution is 5.88. The Labute approximate surface area is 120 Å². The Hall–Kier alpha value is -1.55. The highest BCUT2D eigenvalue weighted by atomic mass is 16.5. The first-order chi connectivity index (χ1) is 9.41. The Bertz CT molecular complexity index is 496. The topological polar surface area (TPSA) is 49.8 Å². The number of nitrogens with zero attached hydrogens (tertiary/aromatic N) is 1. The SMILES string of the molecule is COc1ccc(C(=O)O)cc1CN1CCCC(C)(C)C1. The third kappa shape index (κ3) is 3.51. The van der Waals surface area contributed by atoms with Crippen LogP contribution in [0.1, 0.15) is 42.6 Å². The van der Waals surface area contributed by atoms with E-state index in [2.05, 4.69) is 18.7 Å². The predicted molar refractivity (Wildman–Crippen MR) is 78.2 cm³/mol. The largest absolute Gasteiger partial charge is 0.496 e. The van der Waals surface area contributed by atoms with Gasteiger partial charge in [0.1, 0.15) is 5.75 Å². The number of rotatable bonds is 4. The number of benzene rings is 1. The van der Waals surface area contributed by atoms with Crippen LogP contribution in [0.25, 0.3) is 0 Å². The molecule has 1 heterocycles. The minimum Gasteiger partial charge on any atom is -0.496 e. The number of likely N-dealkylation sites (tertiary alicyclic amines) is 1. The fraction of sp³-hybridized carbons (Fsp3) is 0.562. The van der Waals surface area contributed by atoms with Crippen LogP contribution in [-0.4, -0.2) is 36.2 Å². The van der Waals surface area contributed by atoms with Crippen LogP contribution in [0.15, 0.2) is 18.2 Å². The number of piperidine rings is 1. The Balaban J connectivity index is 2.18. The van der Waals surface area contributed by atoms with E-state index in [1.165, 1.54) is 12.8 Å². The summed E-state index contributed by atoms with van der Waals surface area (Å²) in [5, 5.41) is 9.11. The average molecular weight is 277 g/mol. The monoisotopic (exact) mass is 277 g/mol. The summed E-state index contributed by atoms with van der Waals surface area (Å²) in [6.07, 6.45) is 2.43. The standard InChI is InChI=1S/C16H23NO3/c1-16(2)7-4-8-17(11-16)10-13-9-12(15(18)19)5-6-14(13)20-3/h5-6,9H,4,7-8,10-11H2,1-3H3,(H,18,19). The van der Waals surface area contributed by atoms with Gasteiger partial charge in [0.2, 0.25) is 0 Å². The minimum absolute atomic E-state index is 0.317. The average Bonchev–Trinajstić information content (AvgIpc) is 2.37. The number of ether oxygens (including phenoxy) is 1. The molecule has 4 nitrogen and oxygen atoms in total. The molecule has 1 aliphatic rings. The van der Waals surface area contributed by atoms with Crippen molar-refractivity contribution < 1.29 is 14.6 Å². The summed E-state index contributed by atoms with van der Waals surface area (Å²) in [5.41, 5.74) is 1.60. The molecular formula is C16H23NO3. The van der Waals surface area contributed by atoms with Crippen molar-refractivity contribution >= 4 is 5.97 Å². The minimum atomic E-state index is -0.895. The first-order valence-electron chi connectivity index (χ1n) is 7.04. The Morgan fingerprint density at radius 2 is 2.20 bits per heavy atom. The van der Waals surface area contributed by atoms with Gasteiger partial charge in [-0.1, -0.05) is 13.8 Å². The maximum atomic E-state index is 11.1. The lowest BCUT2D eigenvalue weighted by molar-refractivity contribution is 0.0696. The molecule has 0 radical (unpaired) electrons. The third-order valence-electron chi connectivity index (χ3n) is 3.90. The fourth-order valence-corrected chi connectivity index (χ4v) is 2.96. The van der Waals surface area contributed by atoms with Gasteiger partial charge in [-0.2, -0.15) is 0 Å². The summed E-state index contributed by atoms with van der Waals surface area (Å²) >= 11 is 0. The van der Waals surface area contributed by atoms with Crippen LogP contribution in [-0.2, 0) is 6.54 Å². The molecule has 0 aliphatic carbocycles. The molecule has 1 fully saturated rings. The van der Waals surface area contributed by atoms with Crippen molar-refractivity contribution in [1.29, 1.82) is 0 Å². The van der Waals surface area contributed by atoms with E-state index < -0.39 is 5.97 Å². The van der Waals surface area contributed by atoms with E-state index >= 15 is 0 Å². The van der Waals surface area contributed by atoms with Crippen molar-refractivity contribution in [2.45, 2.75) is 33.2 Å². The summed E-state index contributed by atoms with van der Waals surface area (Å²) in [6, 6.07) is 5.06. The summed E-state index contributed by atoms with van der Waals surface area (Å²) < 4.78 is 5.35. The summed E-state index contributed by atoms with van der Waals surface area (Å²) in [4.78, 5) is 13.5. The van der Waals surface area contributed by atoms with E-state index in [1.54, 1.807) is 25.3 Å². The van der Waals surface area contributed by atoms with Crippen LogP contribution < -0.4 is 4.74 Å². The van der Waals surface area contributed by atoms with Crippen molar-refractivity contribution in [3.63, 3.8) is 0 Å². The van der Waals surface area contributed by atoms with Crippen molar-refractivity contribution in [1.82, 2.24) is 4.90 Å². The molecule has 1 aromatic rings. The molecule has 0 bridgehead atoms. The molecule has 0 unspecified atom stereocenters. The van der Waals surface area contributed by atoms with Gasteiger partial charge in [-0.15, -0.1) is 0 Å². The van der Waals surface area contributed by atoms with Crippen molar-refractivity contribution in [3.05, 3.63) is 29.3 Å². The molecule has 0 saturated carbocycles. The summed E-state index contributed by atoms with van der Waals surface area (Å²) in [7, 11) is 1.62. The molecule has 1 N–H and O–H groups in total. The van der Waals surface area contributed by atoms with Gasteiger partial charge in [0.15, 0.2) is 0 Å². The lowest BCUT2D eigenvalue weighted by Crippen LogP contribution is -2.39. The maximum absolute atomic E-state index is 11.1. The normalized spacial score (nSPS) is 18.8. The highest BCUT2D eigenvalue weighted by Crippen LogP contribution is 2.30. The number of carboxylic acids is 1. The van der Waals surface area contributed by atoms with Crippen molar-refractivity contribution in [3.8, 4) is 5.75 Å². The molecular weight excluding hydrogens is 254 g/mol. The first kappa shape index (κ1) is 14.9. The number of carbonyl (C=O) groups is 1. The molecule has 1 aliphatic heterocycles. The van der Waals surface area contributed by atoms with E-state index in [0.29, 0.717) is 11.0 Å². The molecule has 2 rings (SSSR count). The smallest absolute Gasteiger partial charge is 0.335 e. The number of hydrogen-bond donors (Lipinski definition) is 1. The molecule has 4 heteroatoms. The second kappa shape index (κ2) is 5.83. The second-order valence-electron chi connectivity index (χ2n) is 6.31. The van der Waals surface area contributed by atoms with E-state index in [4.69, 9.17) is 9.84 Å². The number of carboxylic acid groups (broad SMARTS) is 1. The predicted octanol–water partition coefficient (Wildman–Crippen LogP) is 3.02. The van der Waals surface area contributed by atoms with Crippen LogP contribution >= 0.6 is 0 Å². The van der Waals surface area contributed by atoms with Gasteiger partial charge in [-0.05, 0) is 43.0 Å². The van der Waals surface area contributed by atoms with Crippen LogP contribution in [0, 0.1) is 5.41 Å². The lowest BCUT2D eigenvalue weighted by atomic mass is 9.84. The van der Waals surface area contributed by atoms with Gasteiger partial charge in [-0.25, -0.2) is 4.79 Å². The molecule has 1 saturated heterocycles. The Morgan fingerprint density at radius 3 is 2.80 bits per heavy atom. The zero-order valence-corrected chi connectivity index (χ0v) is 12.5. The second-order valence-corrected chi connectivity index (χ2v) is 6.31. The molecule has 1 aromatic carbocycles. The van der Waals surface area contributed by atoms with Crippen LogP contribution in [0.5, 0.6) is 5.75 Å². The molecule has 0 aromatic heterocycles. The number of aromatic carboxylic acids is 1. The molecule has 0 amide bonds. The first-order valence-corrected chi connectivity index (χ1v) is 7.04. The summed E-state index contributed by atoms with van der Waals surface area (Å²) in [5.74, 6) is -0.133. The van der Waals surface area contributed by atoms with Crippen LogP contribution in [0.4, 0.5) is 0 Å². The van der Waals surface area contributed by atoms with Gasteiger partial charge >= 0.3 is 5.97 Å². The molecule has 20 heavy (non-hydrogen) atoms. The van der Waals surface area contributed by atoms with E-state index in [-0.39, 0.29) is 0 Å². The van der Waals surface area contributed by atoms with Crippen LogP contribution in [0.3, 0.4) is 0 Å². The molecule has 0 atom stereocenters. The van der Waals surface area contributed by atoms with Crippen LogP contribution in [0.2, 0.25) is 0 Å². The zero-order chi connectivity index (χ0) is 14.8. The van der Waals surface area contributed by atoms with E-state index in [0.717, 1.165) is 30.9 Å². The maximum Gasteiger partial charge on any atom is 0.335 e. The van der Waals surface area contributed by atoms with Gasteiger partial charge < -0.3 is 9.84 Å². The summed E-state index contributed by atoms with van der Waals surface area (Å²) in [6.45, 7) is 7.40. The van der Waals surface area contributed by atoms with Gasteiger partial charge in [0.05, 0.1) is 12.7 Å². The van der Waals surface area contributed by atoms with Crippen molar-refractivity contribution in [2.24, 2.45) is 5.41 Å². The van der Waals surface area contributed by atoms with Gasteiger partial charge in [0, 0.05) is 18.7 Å². The van der Waals surface area contributed by atoms with E-state index in [9.17, 15) is 4.79 Å². The van der Waals surface area contributed by atoms with Crippen molar-refractivity contribution in [2.75, 3.05) is 20.2 Å². The quantitative estimate of drug-likeness (QED) is 0.919. The number of hydrogen-bond acceptors (Lipinski definition) is 3. The third-order valence-corrected chi connectivity index (χ3v) is 3.90. The van der Waals surface area contributed by atoms with E-state index in [1.807, 2.05) is 0 Å². The van der Waals surface area contributed by atoms with Gasteiger partial charge in [0.25, 0.3) is 0 Å². The zero-order valence-electron chi connectivity index (χ0n) is 12.5.